The summed E-state index contributed by atoms with van der Waals surface area (Å²) in [5, 5.41) is 86.2. The molecule has 19 atom stereocenters. The van der Waals surface area contributed by atoms with Gasteiger partial charge in [0.15, 0.2) is 18.9 Å². The van der Waals surface area contributed by atoms with Crippen molar-refractivity contribution >= 4 is 29.5 Å². The standard InChI is InChI=1S/C43H69N11O17S/c44-13-24-32(58)34(60)29(48)41(66-24)69-37-23(47)12-22(46)31(57)39(37)71-43-36(62)38(70-42-30(49)35(61)33(59)25(14-45)67-42)26(68-43)17-72-9-7-50-27(55)4-2-1-3-8-53-15-19(51-52-53)16-65-20-6-5-18-10-28(56)54(64)40(63)21(18)11-20/h5-6,11,15,22-26,29-39,41-43,57-62,64H,1-4,7-10,12-14,16-17,44-49H2,(H,50,55)/t22-,23+,24-,25+,26-,29-,30-,31+,32-,33-,34-,35-,36-,37-,38-,39-,41-,42-,43+/m1/s1. The molecule has 0 unspecified atom stereocenters. The highest BCUT2D eigenvalue weighted by Crippen LogP contribution is 2.35. The number of ether oxygens (including phenoxy) is 7. The molecule has 2 aromatic rings. The monoisotopic (exact) mass is 1040 g/mol. The Morgan fingerprint density at radius 1 is 0.778 bits per heavy atom. The maximum atomic E-state index is 12.7. The minimum absolute atomic E-state index is 0.0655. The van der Waals surface area contributed by atoms with Gasteiger partial charge in [0.05, 0.1) is 36.9 Å². The van der Waals surface area contributed by atoms with Crippen LogP contribution in [0.2, 0.25) is 0 Å². The maximum absolute atomic E-state index is 12.7. The van der Waals surface area contributed by atoms with Crippen molar-refractivity contribution in [3.05, 3.63) is 41.2 Å². The lowest BCUT2D eigenvalue weighted by atomic mass is 9.84. The van der Waals surface area contributed by atoms with E-state index in [0.29, 0.717) is 42.3 Å². The lowest BCUT2D eigenvalue weighted by molar-refractivity contribution is -0.306. The van der Waals surface area contributed by atoms with Gasteiger partial charge >= 0.3 is 0 Å². The molecule has 1 aromatic carbocycles. The molecule has 404 valence electrons. The lowest BCUT2D eigenvalue weighted by Crippen LogP contribution is -2.68. The van der Waals surface area contributed by atoms with Crippen LogP contribution in [0.4, 0.5) is 0 Å². The van der Waals surface area contributed by atoms with Gasteiger partial charge in [-0.25, -0.2) is 0 Å². The summed E-state index contributed by atoms with van der Waals surface area (Å²) in [5.74, 6) is -0.724. The molecule has 0 radical (unpaired) electrons. The highest BCUT2D eigenvalue weighted by atomic mass is 32.2. The second-order valence-electron chi connectivity index (χ2n) is 18.6. The van der Waals surface area contributed by atoms with E-state index in [1.807, 2.05) is 0 Å². The fourth-order valence-electron chi connectivity index (χ4n) is 9.15. The second kappa shape index (κ2) is 25.3. The number of carbonyl (C=O) groups excluding carboxylic acids is 3. The van der Waals surface area contributed by atoms with E-state index >= 15 is 0 Å². The summed E-state index contributed by atoms with van der Waals surface area (Å²) in [4.78, 5) is 36.8. The van der Waals surface area contributed by atoms with Crippen LogP contribution in [0.5, 0.6) is 5.75 Å². The van der Waals surface area contributed by atoms with E-state index in [4.69, 9.17) is 67.6 Å². The van der Waals surface area contributed by atoms with Gasteiger partial charge in [-0.15, -0.1) is 5.10 Å². The number of benzene rings is 1. The molecule has 1 aliphatic carbocycles. The van der Waals surface area contributed by atoms with Crippen molar-refractivity contribution in [2.45, 2.75) is 168 Å². The Morgan fingerprint density at radius 3 is 2.08 bits per heavy atom. The fourth-order valence-corrected chi connectivity index (χ4v) is 10.1. The number of thioether (sulfide) groups is 1. The van der Waals surface area contributed by atoms with Crippen molar-refractivity contribution in [1.82, 2.24) is 25.4 Å². The number of nitrogens with two attached hydrogens (primary N) is 6. The van der Waals surface area contributed by atoms with Crippen LogP contribution in [0.25, 0.3) is 0 Å². The summed E-state index contributed by atoms with van der Waals surface area (Å²) >= 11 is 1.36. The van der Waals surface area contributed by atoms with Crippen LogP contribution < -0.4 is 44.5 Å². The van der Waals surface area contributed by atoms with Crippen molar-refractivity contribution in [3.63, 3.8) is 0 Å². The molecule has 3 saturated heterocycles. The van der Waals surface area contributed by atoms with E-state index in [2.05, 4.69) is 15.6 Å². The quantitative estimate of drug-likeness (QED) is 0.0296. The Kier molecular flexibility index (Phi) is 19.7. The number of fused-ring (bicyclic) bond motifs is 1. The molecule has 29 heteroatoms. The smallest absolute Gasteiger partial charge is 0.285 e. The van der Waals surface area contributed by atoms with E-state index in [-0.39, 0.29) is 61.2 Å². The number of hydrogen-bond donors (Lipinski definition) is 14. The number of nitrogens with zero attached hydrogens (tertiary/aromatic N) is 4. The van der Waals surface area contributed by atoms with Gasteiger partial charge in [0.2, 0.25) is 5.91 Å². The summed E-state index contributed by atoms with van der Waals surface area (Å²) in [6.07, 6.45) is -15.8. The molecule has 5 heterocycles. The summed E-state index contributed by atoms with van der Waals surface area (Å²) in [7, 11) is 0. The number of nitrogens with one attached hydrogen (secondary N) is 1. The second-order valence-corrected chi connectivity index (χ2v) is 19.7. The molecule has 72 heavy (non-hydrogen) atoms. The SMILES string of the molecule is NC[C@@H]1O[C@H](O[C@H]2[C@@H](O)[C@H](O[C@@H]3[C@@H](O)[C@H](N)C[C@H](N)[C@H]3O[C@H]3O[C@H](CN)[C@@H](O)[C@H](O)[C@H]3N)O[C@@H]2CSCCNC(=O)CCCCCn2cc(COc3ccc4c(c3)C(=O)N(O)C(=O)C4)nn2)[C@H](N)[C@@H](O)[C@@H]1O. The van der Waals surface area contributed by atoms with Gasteiger partial charge in [0.1, 0.15) is 79.1 Å². The number of hydroxylamine groups is 2. The molecular weight excluding hydrogens is 975 g/mol. The molecule has 1 saturated carbocycles. The molecule has 1 aromatic heterocycles. The van der Waals surface area contributed by atoms with Gasteiger partial charge in [-0.2, -0.15) is 16.8 Å². The summed E-state index contributed by atoms with van der Waals surface area (Å²) in [6, 6.07) is 0.379. The van der Waals surface area contributed by atoms with Crippen molar-refractivity contribution in [2.24, 2.45) is 34.4 Å². The van der Waals surface area contributed by atoms with E-state index < -0.39 is 128 Å². The third-order valence-corrected chi connectivity index (χ3v) is 14.4. The summed E-state index contributed by atoms with van der Waals surface area (Å²) < 4.78 is 43.8. The molecule has 5 aliphatic rings. The third kappa shape index (κ3) is 13.1. The van der Waals surface area contributed by atoms with Crippen LogP contribution in [-0.4, -0.2) is 221 Å². The van der Waals surface area contributed by atoms with Gasteiger partial charge in [-0.1, -0.05) is 17.7 Å². The van der Waals surface area contributed by atoms with Crippen molar-refractivity contribution in [1.29, 1.82) is 0 Å². The Balaban J connectivity index is 0.875. The minimum Gasteiger partial charge on any atom is -0.487 e. The highest BCUT2D eigenvalue weighted by Gasteiger charge is 2.54. The number of carbonyl (C=O) groups is 3. The minimum atomic E-state index is -1.59. The zero-order chi connectivity index (χ0) is 52.0. The average Bonchev–Trinajstić information content (AvgIpc) is 3.94. The van der Waals surface area contributed by atoms with Crippen molar-refractivity contribution < 1.29 is 83.4 Å². The van der Waals surface area contributed by atoms with Crippen LogP contribution in [0, 0.1) is 0 Å². The number of aromatic nitrogens is 3. The van der Waals surface area contributed by atoms with Gasteiger partial charge in [-0.3, -0.25) is 24.3 Å². The number of unbranched alkanes of at least 4 members (excludes halogenated alkanes) is 2. The first kappa shape index (κ1) is 56.1. The number of rotatable bonds is 22. The van der Waals surface area contributed by atoms with Gasteiger partial charge in [0.25, 0.3) is 11.8 Å². The van der Waals surface area contributed by atoms with E-state index in [1.54, 1.807) is 23.0 Å². The van der Waals surface area contributed by atoms with Gasteiger partial charge in [-0.05, 0) is 37.0 Å². The summed E-state index contributed by atoms with van der Waals surface area (Å²) in [6.45, 7) is 0.547. The summed E-state index contributed by atoms with van der Waals surface area (Å²) in [5.41, 5.74) is 37.9. The van der Waals surface area contributed by atoms with E-state index in [0.717, 1.165) is 12.8 Å². The van der Waals surface area contributed by atoms with E-state index in [1.165, 1.54) is 17.8 Å². The zero-order valence-electron chi connectivity index (χ0n) is 39.3. The molecule has 4 fully saturated rings. The molecule has 3 amide bonds. The zero-order valence-corrected chi connectivity index (χ0v) is 40.2. The number of aliphatic hydroxyl groups is 6. The van der Waals surface area contributed by atoms with Crippen LogP contribution >= 0.6 is 11.8 Å². The number of aryl methyl sites for hydroxylation is 1. The predicted molar refractivity (Wildman–Crippen MR) is 248 cm³/mol. The molecule has 20 N–H and O–H groups in total. The first-order valence-electron chi connectivity index (χ1n) is 23.9. The van der Waals surface area contributed by atoms with Crippen LogP contribution in [0.3, 0.4) is 0 Å². The molecule has 0 bridgehead atoms. The third-order valence-electron chi connectivity index (χ3n) is 13.4. The number of hydrogen-bond acceptors (Lipinski definition) is 26. The predicted octanol–water partition coefficient (Wildman–Crippen LogP) is -6.69. The van der Waals surface area contributed by atoms with Crippen LogP contribution in [0.15, 0.2) is 24.4 Å². The lowest BCUT2D eigenvalue weighted by Gasteiger charge is -2.47. The molecule has 7 rings (SSSR count). The number of amides is 3. The normalized spacial score (nSPS) is 37.2. The van der Waals surface area contributed by atoms with Crippen molar-refractivity contribution in [3.8, 4) is 5.75 Å². The fraction of sp³-hybridized carbons (Fsp3) is 0.744. The van der Waals surface area contributed by atoms with Crippen molar-refractivity contribution in [2.75, 3.05) is 31.1 Å². The van der Waals surface area contributed by atoms with Crippen LogP contribution in [-0.2, 0) is 57.6 Å². The topological polar surface area (TPSA) is 460 Å². The largest absolute Gasteiger partial charge is 0.487 e. The van der Waals surface area contributed by atoms with Crippen LogP contribution in [0.1, 0.15) is 53.7 Å². The highest BCUT2D eigenvalue weighted by molar-refractivity contribution is 7.99. The maximum Gasteiger partial charge on any atom is 0.285 e. The Morgan fingerprint density at radius 2 is 1.42 bits per heavy atom. The Bertz CT molecular complexity index is 2120. The molecule has 4 aliphatic heterocycles. The first-order chi connectivity index (χ1) is 34.4. The number of aliphatic hydroxyl groups excluding tert-OH is 6. The number of imide groups is 1. The molecule has 0 spiro atoms. The first-order valence-corrected chi connectivity index (χ1v) is 25.0. The average molecular weight is 1040 g/mol. The molecule has 28 nitrogen and oxygen atoms in total. The van der Waals surface area contributed by atoms with Gasteiger partial charge < -0.3 is 104 Å². The van der Waals surface area contributed by atoms with E-state index in [9.17, 15) is 50.2 Å². The van der Waals surface area contributed by atoms with Gasteiger partial charge in [0, 0.05) is 61.8 Å². The Hall–Kier alpha value is -3.64. The molecular formula is C43H69N11O17S. The Labute approximate surface area is 417 Å².